The first-order chi connectivity index (χ1) is 36.5. The average Bonchev–Trinajstić information content (AvgIpc) is 3.40. The molecular formula is C68H124O6. The number of esters is 3. The second kappa shape index (κ2) is 62.9. The molecule has 0 saturated heterocycles. The molecule has 0 aromatic rings. The summed E-state index contributed by atoms with van der Waals surface area (Å²) in [6.45, 7) is 6.65. The summed E-state index contributed by atoms with van der Waals surface area (Å²) in [7, 11) is 0. The van der Waals surface area contributed by atoms with Crippen molar-refractivity contribution >= 4 is 17.9 Å². The highest BCUT2D eigenvalue weighted by atomic mass is 16.6. The van der Waals surface area contributed by atoms with Gasteiger partial charge in [0.2, 0.25) is 0 Å². The second-order valence-electron chi connectivity index (χ2n) is 22.0. The number of hydrogen-bond acceptors (Lipinski definition) is 6. The van der Waals surface area contributed by atoms with Crippen LogP contribution < -0.4 is 0 Å². The van der Waals surface area contributed by atoms with Gasteiger partial charge in [-0.15, -0.1) is 0 Å². The van der Waals surface area contributed by atoms with Crippen LogP contribution in [0.15, 0.2) is 48.6 Å². The molecule has 6 nitrogen and oxygen atoms in total. The van der Waals surface area contributed by atoms with Crippen LogP contribution in [0.3, 0.4) is 0 Å². The van der Waals surface area contributed by atoms with E-state index in [-0.39, 0.29) is 31.1 Å². The van der Waals surface area contributed by atoms with E-state index in [0.29, 0.717) is 19.3 Å². The maximum absolute atomic E-state index is 12.9. The Morgan fingerprint density at radius 2 is 0.486 bits per heavy atom. The van der Waals surface area contributed by atoms with Crippen molar-refractivity contribution in [2.75, 3.05) is 13.2 Å². The molecule has 0 bridgehead atoms. The molecular weight excluding hydrogens is 913 g/mol. The normalized spacial score (nSPS) is 12.3. The Kier molecular flexibility index (Phi) is 60.7. The molecule has 0 fully saturated rings. The molecule has 0 heterocycles. The van der Waals surface area contributed by atoms with Crippen LogP contribution in [0.1, 0.15) is 348 Å². The number of allylic oxidation sites excluding steroid dienone is 8. The smallest absolute Gasteiger partial charge is 0.306 e. The number of carbonyl (C=O) groups excluding carboxylic acids is 3. The van der Waals surface area contributed by atoms with E-state index >= 15 is 0 Å². The Morgan fingerprint density at radius 3 is 0.784 bits per heavy atom. The third-order valence-corrected chi connectivity index (χ3v) is 14.6. The molecule has 1 unspecified atom stereocenters. The maximum Gasteiger partial charge on any atom is 0.306 e. The predicted octanol–water partition coefficient (Wildman–Crippen LogP) is 22.2. The van der Waals surface area contributed by atoms with E-state index in [0.717, 1.165) is 77.0 Å². The Labute approximate surface area is 460 Å². The molecule has 0 rings (SSSR count). The molecule has 0 aliphatic rings. The summed E-state index contributed by atoms with van der Waals surface area (Å²) in [4.78, 5) is 38.2. The Morgan fingerprint density at radius 1 is 0.270 bits per heavy atom. The lowest BCUT2D eigenvalue weighted by molar-refractivity contribution is -0.167. The van der Waals surface area contributed by atoms with Crippen molar-refractivity contribution in [2.24, 2.45) is 0 Å². The molecule has 0 aliphatic carbocycles. The van der Waals surface area contributed by atoms with Crippen LogP contribution in [-0.2, 0) is 28.6 Å². The van der Waals surface area contributed by atoms with Crippen molar-refractivity contribution in [2.45, 2.75) is 354 Å². The van der Waals surface area contributed by atoms with Crippen LogP contribution in [-0.4, -0.2) is 37.2 Å². The molecule has 0 aliphatic heterocycles. The fraction of sp³-hybridized carbons (Fsp3) is 0.838. The van der Waals surface area contributed by atoms with E-state index in [4.69, 9.17) is 14.2 Å². The zero-order valence-corrected chi connectivity index (χ0v) is 49.6. The van der Waals surface area contributed by atoms with E-state index in [1.54, 1.807) is 0 Å². The third-order valence-electron chi connectivity index (χ3n) is 14.6. The topological polar surface area (TPSA) is 78.9 Å². The van der Waals surface area contributed by atoms with Gasteiger partial charge in [0.05, 0.1) is 0 Å². The van der Waals surface area contributed by atoms with Crippen molar-refractivity contribution in [3.8, 4) is 0 Å². The summed E-state index contributed by atoms with van der Waals surface area (Å²) < 4.78 is 16.9. The summed E-state index contributed by atoms with van der Waals surface area (Å²) in [5, 5.41) is 0. The second-order valence-corrected chi connectivity index (χ2v) is 22.0. The van der Waals surface area contributed by atoms with Gasteiger partial charge in [0.25, 0.3) is 0 Å². The molecule has 0 spiro atoms. The summed E-state index contributed by atoms with van der Waals surface area (Å²) in [5.41, 5.74) is 0. The van der Waals surface area contributed by atoms with Gasteiger partial charge in [0, 0.05) is 19.3 Å². The Bertz CT molecular complexity index is 1280. The molecule has 74 heavy (non-hydrogen) atoms. The van der Waals surface area contributed by atoms with E-state index < -0.39 is 6.10 Å². The number of hydrogen-bond donors (Lipinski definition) is 0. The molecule has 0 amide bonds. The predicted molar refractivity (Wildman–Crippen MR) is 321 cm³/mol. The third kappa shape index (κ3) is 60.2. The average molecular weight is 1040 g/mol. The molecule has 432 valence electrons. The lowest BCUT2D eigenvalue weighted by Crippen LogP contribution is -2.30. The van der Waals surface area contributed by atoms with Crippen LogP contribution in [0.5, 0.6) is 0 Å². The molecule has 0 saturated carbocycles. The van der Waals surface area contributed by atoms with Crippen LogP contribution >= 0.6 is 0 Å². The summed E-state index contributed by atoms with van der Waals surface area (Å²) in [6, 6.07) is 0. The van der Waals surface area contributed by atoms with Gasteiger partial charge < -0.3 is 14.2 Å². The van der Waals surface area contributed by atoms with Crippen molar-refractivity contribution in [1.82, 2.24) is 0 Å². The van der Waals surface area contributed by atoms with Gasteiger partial charge in [-0.25, -0.2) is 0 Å². The molecule has 0 radical (unpaired) electrons. The van der Waals surface area contributed by atoms with Crippen LogP contribution in [0.25, 0.3) is 0 Å². The molecule has 6 heteroatoms. The Balaban J connectivity index is 4.18. The first-order valence-corrected chi connectivity index (χ1v) is 32.6. The largest absolute Gasteiger partial charge is 0.462 e. The number of carbonyl (C=O) groups is 3. The van der Waals surface area contributed by atoms with Crippen molar-refractivity contribution in [1.29, 1.82) is 0 Å². The van der Waals surface area contributed by atoms with Gasteiger partial charge in [0.15, 0.2) is 6.10 Å². The van der Waals surface area contributed by atoms with E-state index in [1.165, 1.54) is 231 Å². The highest BCUT2D eigenvalue weighted by Gasteiger charge is 2.19. The zero-order valence-electron chi connectivity index (χ0n) is 49.6. The van der Waals surface area contributed by atoms with Crippen LogP contribution in [0.4, 0.5) is 0 Å². The van der Waals surface area contributed by atoms with Gasteiger partial charge in [-0.2, -0.15) is 0 Å². The summed E-state index contributed by atoms with van der Waals surface area (Å²) in [5.74, 6) is -0.861. The first-order valence-electron chi connectivity index (χ1n) is 32.6. The highest BCUT2D eigenvalue weighted by Crippen LogP contribution is 2.17. The minimum absolute atomic E-state index is 0.0717. The van der Waals surface area contributed by atoms with Gasteiger partial charge in [-0.1, -0.05) is 294 Å². The lowest BCUT2D eigenvalue weighted by Gasteiger charge is -2.18. The minimum Gasteiger partial charge on any atom is -0.462 e. The lowest BCUT2D eigenvalue weighted by atomic mass is 10.0. The van der Waals surface area contributed by atoms with E-state index in [9.17, 15) is 14.4 Å². The monoisotopic (exact) mass is 1040 g/mol. The fourth-order valence-corrected chi connectivity index (χ4v) is 9.62. The van der Waals surface area contributed by atoms with Crippen molar-refractivity contribution in [3.05, 3.63) is 48.6 Å². The summed E-state index contributed by atoms with van der Waals surface area (Å²) >= 11 is 0. The van der Waals surface area contributed by atoms with Crippen LogP contribution in [0.2, 0.25) is 0 Å². The summed E-state index contributed by atoms with van der Waals surface area (Å²) in [6.07, 6.45) is 78.4. The molecule has 0 aromatic carbocycles. The minimum atomic E-state index is -0.773. The molecule has 0 aromatic heterocycles. The van der Waals surface area contributed by atoms with Gasteiger partial charge >= 0.3 is 17.9 Å². The van der Waals surface area contributed by atoms with Gasteiger partial charge in [-0.3, -0.25) is 14.4 Å². The van der Waals surface area contributed by atoms with Crippen LogP contribution in [0, 0.1) is 0 Å². The zero-order chi connectivity index (χ0) is 53.6. The number of rotatable bonds is 60. The number of ether oxygens (including phenoxy) is 3. The van der Waals surface area contributed by atoms with Gasteiger partial charge in [-0.05, 0) is 83.5 Å². The van der Waals surface area contributed by atoms with Crippen molar-refractivity contribution in [3.63, 3.8) is 0 Å². The van der Waals surface area contributed by atoms with E-state index in [2.05, 4.69) is 69.4 Å². The Hall–Kier alpha value is -2.63. The highest BCUT2D eigenvalue weighted by molar-refractivity contribution is 5.71. The first kappa shape index (κ1) is 71.4. The quantitative estimate of drug-likeness (QED) is 0.0261. The molecule has 0 N–H and O–H groups in total. The molecule has 1 atom stereocenters. The SMILES string of the molecule is CCCCCC/C=C\CCCCCCCC(=O)OCC(COC(=O)CCCCCCCCCCCCCCCC/C=C\C/C=C\C/C=C\CCCCCCC)OC(=O)CCCCCCCCCCCCCCCC. The number of unbranched alkanes of at least 4 members (excludes halogenated alkanes) is 41. The van der Waals surface area contributed by atoms with Crippen molar-refractivity contribution < 1.29 is 28.6 Å². The standard InChI is InChI=1S/C68H124O6/c1-4-7-10-13-16-19-22-25-27-28-29-30-31-32-33-34-35-36-37-38-39-40-41-44-46-49-52-55-58-61-67(70)73-64-65(63-72-66(69)60-57-54-51-48-45-42-24-21-18-15-12-9-6-3)74-68(71)62-59-56-53-50-47-43-26-23-20-17-14-11-8-5-2/h21-22,24-25,28-29,31-32,65H,4-20,23,26-27,30,33-64H2,1-3H3/b24-21-,25-22-,29-28-,32-31-. The van der Waals surface area contributed by atoms with Gasteiger partial charge in [0.1, 0.15) is 13.2 Å². The maximum atomic E-state index is 12.9. The van der Waals surface area contributed by atoms with E-state index in [1.807, 2.05) is 0 Å². The fourth-order valence-electron chi connectivity index (χ4n) is 9.62.